The average Bonchev–Trinajstić information content (AvgIpc) is 3.22. The molecule has 0 amide bonds. The van der Waals surface area contributed by atoms with Crippen molar-refractivity contribution in [2.24, 2.45) is 0 Å². The van der Waals surface area contributed by atoms with E-state index in [-0.39, 0.29) is 5.82 Å². The number of aromatic nitrogens is 3. The van der Waals surface area contributed by atoms with Crippen LogP contribution in [0.3, 0.4) is 0 Å². The fraction of sp³-hybridized carbons (Fsp3) is 0.0476. The van der Waals surface area contributed by atoms with Crippen LogP contribution in [0.5, 0.6) is 0 Å². The molecule has 0 radical (unpaired) electrons. The molecule has 26 heavy (non-hydrogen) atoms. The van der Waals surface area contributed by atoms with Crippen LogP contribution < -0.4 is 0 Å². The number of aryl methyl sites for hydroxylation is 1. The van der Waals surface area contributed by atoms with Gasteiger partial charge in [-0.2, -0.15) is 0 Å². The van der Waals surface area contributed by atoms with Crippen molar-refractivity contribution in [2.45, 2.75) is 6.92 Å². The van der Waals surface area contributed by atoms with E-state index < -0.39 is 0 Å². The maximum Gasteiger partial charge on any atom is 0.227 e. The highest BCUT2D eigenvalue weighted by Gasteiger charge is 2.13. The molecule has 5 rings (SSSR count). The predicted octanol–water partition coefficient (Wildman–Crippen LogP) is 5.28. The van der Waals surface area contributed by atoms with Gasteiger partial charge in [0.1, 0.15) is 17.2 Å². The van der Waals surface area contributed by atoms with Crippen molar-refractivity contribution >= 4 is 22.1 Å². The zero-order valence-corrected chi connectivity index (χ0v) is 14.0. The van der Waals surface area contributed by atoms with Crippen LogP contribution in [0.1, 0.15) is 5.82 Å². The van der Waals surface area contributed by atoms with Gasteiger partial charge in [-0.1, -0.05) is 12.1 Å². The van der Waals surface area contributed by atoms with Crippen LogP contribution in [-0.2, 0) is 0 Å². The van der Waals surface area contributed by atoms with Crippen LogP contribution >= 0.6 is 0 Å². The van der Waals surface area contributed by atoms with Gasteiger partial charge in [-0.3, -0.25) is 4.57 Å². The zero-order valence-electron chi connectivity index (χ0n) is 14.0. The van der Waals surface area contributed by atoms with E-state index >= 15 is 0 Å². The Morgan fingerprint density at radius 2 is 1.69 bits per heavy atom. The van der Waals surface area contributed by atoms with E-state index in [0.29, 0.717) is 5.89 Å². The Morgan fingerprint density at radius 1 is 0.885 bits per heavy atom. The summed E-state index contributed by atoms with van der Waals surface area (Å²) in [4.78, 5) is 9.20. The molecule has 0 saturated heterocycles. The van der Waals surface area contributed by atoms with Gasteiger partial charge in [0.25, 0.3) is 0 Å². The Morgan fingerprint density at radius 3 is 2.50 bits per heavy atom. The Kier molecular flexibility index (Phi) is 3.15. The van der Waals surface area contributed by atoms with E-state index in [9.17, 15) is 4.39 Å². The van der Waals surface area contributed by atoms with Crippen molar-refractivity contribution in [1.29, 1.82) is 0 Å². The first-order chi connectivity index (χ1) is 12.7. The van der Waals surface area contributed by atoms with Crippen LogP contribution in [0.15, 0.2) is 71.1 Å². The molecule has 5 heteroatoms. The standard InChI is InChI=1S/C21H14FN3O/c1-13-23-18-12-14(21-24-17-4-2-3-5-20(17)26-21)6-11-19(18)25(13)16-9-7-15(22)8-10-16/h2-12H,1H3. The molecule has 2 heterocycles. The summed E-state index contributed by atoms with van der Waals surface area (Å²) in [6, 6.07) is 20.0. The molecule has 4 nitrogen and oxygen atoms in total. The minimum absolute atomic E-state index is 0.255. The van der Waals surface area contributed by atoms with Crippen molar-refractivity contribution in [1.82, 2.24) is 14.5 Å². The third-order valence-electron chi connectivity index (χ3n) is 4.45. The molecule has 0 aliphatic carbocycles. The van der Waals surface area contributed by atoms with E-state index in [2.05, 4.69) is 9.97 Å². The highest BCUT2D eigenvalue weighted by atomic mass is 19.1. The van der Waals surface area contributed by atoms with Gasteiger partial charge in [0.15, 0.2) is 5.58 Å². The van der Waals surface area contributed by atoms with E-state index in [4.69, 9.17) is 4.42 Å². The Hall–Kier alpha value is -3.47. The number of imidazole rings is 1. The summed E-state index contributed by atoms with van der Waals surface area (Å²) < 4.78 is 21.1. The molecule has 0 fully saturated rings. The molecule has 3 aromatic carbocycles. The first kappa shape index (κ1) is 14.8. The van der Waals surface area contributed by atoms with Gasteiger partial charge in [0.2, 0.25) is 5.89 Å². The molecule has 2 aromatic heterocycles. The maximum absolute atomic E-state index is 13.2. The summed E-state index contributed by atoms with van der Waals surface area (Å²) in [5.74, 6) is 1.15. The second kappa shape index (κ2) is 5.52. The molecule has 5 aromatic rings. The molecular formula is C21H14FN3O. The second-order valence-electron chi connectivity index (χ2n) is 6.16. The molecule has 0 atom stereocenters. The van der Waals surface area contributed by atoms with E-state index in [1.165, 1.54) is 12.1 Å². The van der Waals surface area contributed by atoms with Crippen molar-refractivity contribution in [2.75, 3.05) is 0 Å². The molecule has 126 valence electrons. The molecule has 0 unspecified atom stereocenters. The van der Waals surface area contributed by atoms with Gasteiger partial charge in [0, 0.05) is 11.3 Å². The summed E-state index contributed by atoms with van der Waals surface area (Å²) in [6.45, 7) is 1.93. The average molecular weight is 343 g/mol. The van der Waals surface area contributed by atoms with Crippen molar-refractivity contribution < 1.29 is 8.81 Å². The molecule has 0 saturated carbocycles. The first-order valence-electron chi connectivity index (χ1n) is 8.30. The minimum Gasteiger partial charge on any atom is -0.436 e. The van der Waals surface area contributed by atoms with Gasteiger partial charge >= 0.3 is 0 Å². The monoisotopic (exact) mass is 343 g/mol. The topological polar surface area (TPSA) is 43.9 Å². The van der Waals surface area contributed by atoms with Gasteiger partial charge < -0.3 is 4.42 Å². The summed E-state index contributed by atoms with van der Waals surface area (Å²) in [5.41, 5.74) is 5.13. The van der Waals surface area contributed by atoms with Crippen molar-refractivity contribution in [3.63, 3.8) is 0 Å². The van der Waals surface area contributed by atoms with Gasteiger partial charge in [-0.15, -0.1) is 0 Å². The van der Waals surface area contributed by atoms with Crippen molar-refractivity contribution in [3.05, 3.63) is 78.4 Å². The number of rotatable bonds is 2. The lowest BCUT2D eigenvalue weighted by Crippen LogP contribution is -1.96. The molecule has 0 spiro atoms. The normalized spacial score (nSPS) is 11.5. The number of nitrogens with zero attached hydrogens (tertiary/aromatic N) is 3. The summed E-state index contributed by atoms with van der Waals surface area (Å²) in [5, 5.41) is 0. The van der Waals surface area contributed by atoms with Crippen LogP contribution in [0.25, 0.3) is 39.3 Å². The number of hydrogen-bond donors (Lipinski definition) is 0. The Labute approximate surface area is 148 Å². The number of benzene rings is 3. The van der Waals surface area contributed by atoms with Gasteiger partial charge in [0.05, 0.1) is 11.0 Å². The lowest BCUT2D eigenvalue weighted by Gasteiger charge is -2.06. The van der Waals surface area contributed by atoms with Crippen LogP contribution in [0, 0.1) is 12.7 Å². The zero-order chi connectivity index (χ0) is 17.7. The predicted molar refractivity (Wildman–Crippen MR) is 98.8 cm³/mol. The molecule has 0 aliphatic rings. The number of halogens is 1. The van der Waals surface area contributed by atoms with E-state index in [0.717, 1.165) is 39.2 Å². The fourth-order valence-electron chi connectivity index (χ4n) is 3.25. The molecule has 0 N–H and O–H groups in total. The van der Waals surface area contributed by atoms with E-state index in [1.54, 1.807) is 12.1 Å². The fourth-order valence-corrected chi connectivity index (χ4v) is 3.25. The maximum atomic E-state index is 13.2. The third-order valence-corrected chi connectivity index (χ3v) is 4.45. The second-order valence-corrected chi connectivity index (χ2v) is 6.16. The van der Waals surface area contributed by atoms with E-state index in [1.807, 2.05) is 54.0 Å². The summed E-state index contributed by atoms with van der Waals surface area (Å²) in [7, 11) is 0. The highest BCUT2D eigenvalue weighted by molar-refractivity contribution is 5.84. The molecular weight excluding hydrogens is 329 g/mol. The quantitative estimate of drug-likeness (QED) is 0.438. The van der Waals surface area contributed by atoms with Crippen LogP contribution in [0.4, 0.5) is 4.39 Å². The summed E-state index contributed by atoms with van der Waals surface area (Å²) >= 11 is 0. The number of oxazole rings is 1. The number of hydrogen-bond acceptors (Lipinski definition) is 3. The van der Waals surface area contributed by atoms with Gasteiger partial charge in [-0.05, 0) is 61.5 Å². The largest absolute Gasteiger partial charge is 0.436 e. The van der Waals surface area contributed by atoms with Gasteiger partial charge in [-0.25, -0.2) is 14.4 Å². The number of para-hydroxylation sites is 2. The van der Waals surface area contributed by atoms with Crippen LogP contribution in [0.2, 0.25) is 0 Å². The molecule has 0 bridgehead atoms. The smallest absolute Gasteiger partial charge is 0.227 e. The first-order valence-corrected chi connectivity index (χ1v) is 8.30. The lowest BCUT2D eigenvalue weighted by atomic mass is 10.2. The third kappa shape index (κ3) is 2.29. The Balaban J connectivity index is 1.66. The lowest BCUT2D eigenvalue weighted by molar-refractivity contribution is 0.620. The number of fused-ring (bicyclic) bond motifs is 2. The van der Waals surface area contributed by atoms with Crippen molar-refractivity contribution in [3.8, 4) is 17.1 Å². The SMILES string of the molecule is Cc1nc2cc(-c3nc4ccccc4o3)ccc2n1-c1ccc(F)cc1. The Bertz CT molecular complexity index is 1220. The summed E-state index contributed by atoms with van der Waals surface area (Å²) in [6.07, 6.45) is 0. The highest BCUT2D eigenvalue weighted by Crippen LogP contribution is 2.28. The van der Waals surface area contributed by atoms with Crippen LogP contribution in [-0.4, -0.2) is 14.5 Å². The minimum atomic E-state index is -0.255. The molecule has 0 aliphatic heterocycles.